The van der Waals surface area contributed by atoms with Crippen molar-refractivity contribution >= 4 is 33.0 Å². The van der Waals surface area contributed by atoms with E-state index in [0.717, 1.165) is 47.6 Å². The quantitative estimate of drug-likeness (QED) is 0.897. The molecule has 4 rings (SSSR count). The Hall–Kier alpha value is -0.930. The molecule has 2 aromatic rings. The predicted molar refractivity (Wildman–Crippen MR) is 87.1 cm³/mol. The molecule has 2 aliphatic rings. The molecule has 0 radical (unpaired) electrons. The Bertz CT molecular complexity index is 830. The summed E-state index contributed by atoms with van der Waals surface area (Å²) in [4.78, 5) is 0. The Kier molecular flexibility index (Phi) is 3.97. The van der Waals surface area contributed by atoms with Gasteiger partial charge in [0.1, 0.15) is 4.21 Å². The van der Waals surface area contributed by atoms with Crippen molar-refractivity contribution in [3.8, 4) is 0 Å². The van der Waals surface area contributed by atoms with Crippen LogP contribution in [0.2, 0.25) is 4.34 Å². The van der Waals surface area contributed by atoms with Crippen LogP contribution in [0.15, 0.2) is 16.3 Å². The fourth-order valence-corrected chi connectivity index (χ4v) is 6.53. The van der Waals surface area contributed by atoms with Crippen LogP contribution < -0.4 is 0 Å². The molecule has 1 atom stereocenters. The Morgan fingerprint density at radius 2 is 2.30 bits per heavy atom. The monoisotopic (exact) mass is 373 g/mol. The maximum Gasteiger partial charge on any atom is 0.253 e. The normalized spacial score (nSPS) is 22.4. The van der Waals surface area contributed by atoms with Crippen molar-refractivity contribution in [1.29, 1.82) is 0 Å². The van der Waals surface area contributed by atoms with Gasteiger partial charge in [-0.2, -0.15) is 9.40 Å². The van der Waals surface area contributed by atoms with Gasteiger partial charge in [0.05, 0.1) is 29.3 Å². The molecule has 1 N–H and O–H groups in total. The number of fused-ring (bicyclic) bond motifs is 1. The maximum absolute atomic E-state index is 12.9. The minimum Gasteiger partial charge on any atom is -0.376 e. The number of nitrogens with one attached hydrogen (secondary N) is 1. The van der Waals surface area contributed by atoms with E-state index >= 15 is 0 Å². The van der Waals surface area contributed by atoms with Gasteiger partial charge in [-0.1, -0.05) is 11.6 Å². The van der Waals surface area contributed by atoms with E-state index in [0.29, 0.717) is 24.1 Å². The van der Waals surface area contributed by atoms with Gasteiger partial charge in [-0.3, -0.25) is 5.10 Å². The summed E-state index contributed by atoms with van der Waals surface area (Å²) < 4.78 is 33.7. The van der Waals surface area contributed by atoms with Gasteiger partial charge in [-0.15, -0.1) is 11.3 Å². The summed E-state index contributed by atoms with van der Waals surface area (Å²) in [7, 11) is -3.55. The number of hydrogen-bond donors (Lipinski definition) is 1. The van der Waals surface area contributed by atoms with Crippen LogP contribution in [0, 0.1) is 0 Å². The molecule has 0 spiro atoms. The molecule has 1 saturated heterocycles. The van der Waals surface area contributed by atoms with Gasteiger partial charge in [0, 0.05) is 24.2 Å². The van der Waals surface area contributed by atoms with E-state index < -0.39 is 10.0 Å². The molecule has 0 aromatic carbocycles. The van der Waals surface area contributed by atoms with Gasteiger partial charge in [0.2, 0.25) is 0 Å². The first-order valence-corrected chi connectivity index (χ1v) is 10.1. The van der Waals surface area contributed by atoms with Crippen molar-refractivity contribution in [3.63, 3.8) is 0 Å². The molecular formula is C14H16ClN3O3S2. The van der Waals surface area contributed by atoms with Crippen molar-refractivity contribution in [3.05, 3.63) is 33.4 Å². The summed E-state index contributed by atoms with van der Waals surface area (Å²) in [6.45, 7) is 1.68. The molecule has 0 amide bonds. The lowest BCUT2D eigenvalue weighted by Gasteiger charge is -2.23. The van der Waals surface area contributed by atoms with E-state index in [2.05, 4.69) is 10.2 Å². The number of rotatable bonds is 3. The molecule has 2 aliphatic heterocycles. The highest BCUT2D eigenvalue weighted by atomic mass is 35.5. The van der Waals surface area contributed by atoms with E-state index in [9.17, 15) is 8.42 Å². The molecule has 9 heteroatoms. The predicted octanol–water partition coefficient (Wildman–Crippen LogP) is 2.72. The molecule has 1 unspecified atom stereocenters. The SMILES string of the molecule is O=S(=O)(c1ccc(Cl)s1)N1CCCC1c1n[nH]c2c1COCC2. The van der Waals surface area contributed by atoms with E-state index in [-0.39, 0.29) is 10.3 Å². The lowest BCUT2D eigenvalue weighted by molar-refractivity contribution is 0.109. The van der Waals surface area contributed by atoms with Crippen LogP contribution in [0.4, 0.5) is 0 Å². The fourth-order valence-electron chi connectivity index (χ4n) is 3.26. The number of aromatic amines is 1. The number of sulfonamides is 1. The molecule has 124 valence electrons. The summed E-state index contributed by atoms with van der Waals surface area (Å²) in [5, 5.41) is 7.46. The van der Waals surface area contributed by atoms with Crippen LogP contribution in [0.1, 0.15) is 35.8 Å². The van der Waals surface area contributed by atoms with E-state index in [1.165, 1.54) is 0 Å². The highest BCUT2D eigenvalue weighted by Crippen LogP contribution is 2.40. The second kappa shape index (κ2) is 5.86. The number of nitrogens with zero attached hydrogens (tertiary/aromatic N) is 2. The first kappa shape index (κ1) is 15.6. The summed E-state index contributed by atoms with van der Waals surface area (Å²) in [6, 6.07) is 2.96. The molecule has 6 nitrogen and oxygen atoms in total. The maximum atomic E-state index is 12.9. The number of ether oxygens (including phenoxy) is 1. The summed E-state index contributed by atoms with van der Waals surface area (Å²) >= 11 is 7.00. The van der Waals surface area contributed by atoms with Gasteiger partial charge >= 0.3 is 0 Å². The third-order valence-corrected chi connectivity index (χ3v) is 7.97. The van der Waals surface area contributed by atoms with Gasteiger partial charge in [-0.05, 0) is 25.0 Å². The van der Waals surface area contributed by atoms with Crippen molar-refractivity contribution < 1.29 is 13.2 Å². The van der Waals surface area contributed by atoms with Crippen molar-refractivity contribution in [2.24, 2.45) is 0 Å². The zero-order valence-electron chi connectivity index (χ0n) is 12.3. The molecule has 0 bridgehead atoms. The van der Waals surface area contributed by atoms with Gasteiger partial charge in [-0.25, -0.2) is 8.42 Å². The van der Waals surface area contributed by atoms with Crippen LogP contribution >= 0.6 is 22.9 Å². The molecule has 0 saturated carbocycles. The van der Waals surface area contributed by atoms with Crippen LogP contribution in [0.3, 0.4) is 0 Å². The van der Waals surface area contributed by atoms with Crippen molar-refractivity contribution in [1.82, 2.24) is 14.5 Å². The highest BCUT2D eigenvalue weighted by molar-refractivity contribution is 7.91. The van der Waals surface area contributed by atoms with Crippen LogP contribution in [-0.2, 0) is 27.8 Å². The first-order chi connectivity index (χ1) is 11.1. The summed E-state index contributed by atoms with van der Waals surface area (Å²) in [6.07, 6.45) is 2.39. The number of halogens is 1. The summed E-state index contributed by atoms with van der Waals surface area (Å²) in [5.41, 5.74) is 2.89. The Labute approximate surface area is 143 Å². The molecule has 4 heterocycles. The Morgan fingerprint density at radius 1 is 1.43 bits per heavy atom. The third kappa shape index (κ3) is 2.62. The molecule has 23 heavy (non-hydrogen) atoms. The topological polar surface area (TPSA) is 75.3 Å². The zero-order chi connectivity index (χ0) is 16.0. The van der Waals surface area contributed by atoms with E-state index in [4.69, 9.17) is 16.3 Å². The van der Waals surface area contributed by atoms with Gasteiger partial charge < -0.3 is 4.74 Å². The fraction of sp³-hybridized carbons (Fsp3) is 0.500. The van der Waals surface area contributed by atoms with Crippen molar-refractivity contribution in [2.75, 3.05) is 13.2 Å². The second-order valence-electron chi connectivity index (χ2n) is 5.70. The average molecular weight is 374 g/mol. The lowest BCUT2D eigenvalue weighted by Crippen LogP contribution is -2.31. The largest absolute Gasteiger partial charge is 0.376 e. The first-order valence-electron chi connectivity index (χ1n) is 7.48. The molecule has 0 aliphatic carbocycles. The van der Waals surface area contributed by atoms with Gasteiger partial charge in [0.25, 0.3) is 10.0 Å². The van der Waals surface area contributed by atoms with E-state index in [1.807, 2.05) is 0 Å². The molecular weight excluding hydrogens is 358 g/mol. The second-order valence-corrected chi connectivity index (χ2v) is 9.53. The Balaban J connectivity index is 1.71. The number of hydrogen-bond acceptors (Lipinski definition) is 5. The average Bonchev–Trinajstić information content (AvgIpc) is 3.25. The lowest BCUT2D eigenvalue weighted by atomic mass is 10.0. The Morgan fingerprint density at radius 3 is 3.09 bits per heavy atom. The van der Waals surface area contributed by atoms with Crippen molar-refractivity contribution in [2.45, 2.75) is 36.1 Å². The third-order valence-electron chi connectivity index (χ3n) is 4.36. The smallest absolute Gasteiger partial charge is 0.253 e. The van der Waals surface area contributed by atoms with Crippen LogP contribution in [0.25, 0.3) is 0 Å². The van der Waals surface area contributed by atoms with Crippen LogP contribution in [0.5, 0.6) is 0 Å². The van der Waals surface area contributed by atoms with E-state index in [1.54, 1.807) is 16.4 Å². The van der Waals surface area contributed by atoms with Crippen LogP contribution in [-0.4, -0.2) is 36.1 Å². The minimum atomic E-state index is -3.55. The molecule has 2 aromatic heterocycles. The zero-order valence-corrected chi connectivity index (χ0v) is 14.7. The number of thiophene rings is 1. The standard InChI is InChI=1S/C14H16ClN3O3S2/c15-12-3-4-13(22-12)23(19,20)18-6-1-2-11(18)14-9-8-21-7-5-10(9)16-17-14/h3-4,11H,1-2,5-8H2,(H,16,17). The number of aromatic nitrogens is 2. The van der Waals surface area contributed by atoms with Gasteiger partial charge in [0.15, 0.2) is 0 Å². The minimum absolute atomic E-state index is 0.234. The summed E-state index contributed by atoms with van der Waals surface area (Å²) in [5.74, 6) is 0. The number of H-pyrrole nitrogens is 1. The molecule has 1 fully saturated rings. The highest BCUT2D eigenvalue weighted by Gasteiger charge is 2.39.